The summed E-state index contributed by atoms with van der Waals surface area (Å²) in [6.07, 6.45) is 5.06. The molecule has 1 atom stereocenters. The van der Waals surface area contributed by atoms with Crippen molar-refractivity contribution in [1.82, 2.24) is 10.2 Å². The molecule has 1 aliphatic rings. The van der Waals surface area contributed by atoms with Gasteiger partial charge < -0.3 is 20.4 Å². The number of nitrogens with one attached hydrogen (secondary N) is 1. The Hall–Kier alpha value is -2.49. The van der Waals surface area contributed by atoms with Crippen LogP contribution in [0.3, 0.4) is 0 Å². The number of allylic oxidation sites excluding steroid dienone is 1. The Kier molecular flexibility index (Phi) is 5.50. The lowest BCUT2D eigenvalue weighted by atomic mass is 10.0. The maximum atomic E-state index is 12.1. The third-order valence-corrected chi connectivity index (χ3v) is 4.04. The molecule has 0 bridgehead atoms. The summed E-state index contributed by atoms with van der Waals surface area (Å²) in [4.78, 5) is 13.8. The minimum atomic E-state index is -1.00. The second kappa shape index (κ2) is 7.39. The van der Waals surface area contributed by atoms with Crippen molar-refractivity contribution in [3.05, 3.63) is 52.8 Å². The van der Waals surface area contributed by atoms with Crippen LogP contribution in [0.1, 0.15) is 12.5 Å². The third-order valence-electron chi connectivity index (χ3n) is 3.80. The highest BCUT2D eigenvalue weighted by Gasteiger charge is 2.29. The van der Waals surface area contributed by atoms with E-state index >= 15 is 0 Å². The molecule has 1 aromatic rings. The smallest absolute Gasteiger partial charge is 0.228 e. The van der Waals surface area contributed by atoms with E-state index in [0.717, 1.165) is 0 Å². The number of halogens is 1. The van der Waals surface area contributed by atoms with Crippen LogP contribution < -0.4 is 5.32 Å². The van der Waals surface area contributed by atoms with E-state index in [4.69, 9.17) is 16.9 Å². The number of aliphatic hydroxyl groups is 1. The monoisotopic (exact) mass is 347 g/mol. The first-order valence-electron chi connectivity index (χ1n) is 7.32. The van der Waals surface area contributed by atoms with Crippen LogP contribution in [0.15, 0.2) is 42.2 Å². The van der Waals surface area contributed by atoms with Crippen molar-refractivity contribution in [3.63, 3.8) is 0 Å². The van der Waals surface area contributed by atoms with E-state index in [0.29, 0.717) is 22.8 Å². The fraction of sp³-hybridized carbons (Fsp3) is 0.294. The average molecular weight is 348 g/mol. The zero-order valence-corrected chi connectivity index (χ0v) is 13.9. The minimum absolute atomic E-state index is 0.00611. The van der Waals surface area contributed by atoms with Gasteiger partial charge in [0.15, 0.2) is 0 Å². The van der Waals surface area contributed by atoms with Crippen molar-refractivity contribution >= 4 is 17.5 Å². The fourth-order valence-corrected chi connectivity index (χ4v) is 2.41. The standard InChI is InChI=1S/C17H18ClN3O3/c1-17(10-19,11-22)21-6-4-14(5-7-21)20-16(24)9-12-8-13(18)2-3-15(12)23/h2-6,8,22-23H,7,9,11H2,1H3,(H,20,24)/t17-/m1/s1. The van der Waals surface area contributed by atoms with Gasteiger partial charge >= 0.3 is 0 Å². The van der Waals surface area contributed by atoms with Gasteiger partial charge in [0.25, 0.3) is 0 Å². The van der Waals surface area contributed by atoms with Gasteiger partial charge in [-0.1, -0.05) is 11.6 Å². The molecular weight excluding hydrogens is 330 g/mol. The van der Waals surface area contributed by atoms with E-state index in [9.17, 15) is 15.0 Å². The van der Waals surface area contributed by atoms with Crippen molar-refractivity contribution in [1.29, 1.82) is 5.26 Å². The third kappa shape index (κ3) is 4.07. The maximum Gasteiger partial charge on any atom is 0.228 e. The van der Waals surface area contributed by atoms with E-state index in [1.54, 1.807) is 42.3 Å². The van der Waals surface area contributed by atoms with Crippen LogP contribution in [0.2, 0.25) is 5.02 Å². The number of carbonyl (C=O) groups is 1. The summed E-state index contributed by atoms with van der Waals surface area (Å²) in [5, 5.41) is 31.4. The second-order valence-corrected chi connectivity index (χ2v) is 6.11. The SMILES string of the molecule is C[C@@](C#N)(CO)N1C=CC(NC(=O)Cc2cc(Cl)ccc2O)=CC1. The first kappa shape index (κ1) is 17.9. The van der Waals surface area contributed by atoms with Gasteiger partial charge in [-0.25, -0.2) is 0 Å². The quantitative estimate of drug-likeness (QED) is 0.753. The van der Waals surface area contributed by atoms with Crippen LogP contribution in [0.5, 0.6) is 5.75 Å². The van der Waals surface area contributed by atoms with E-state index < -0.39 is 5.54 Å². The molecule has 0 unspecified atom stereocenters. The highest BCUT2D eigenvalue weighted by Crippen LogP contribution is 2.22. The number of nitriles is 1. The molecule has 6 nitrogen and oxygen atoms in total. The Labute approximate surface area is 145 Å². The summed E-state index contributed by atoms with van der Waals surface area (Å²) >= 11 is 5.86. The van der Waals surface area contributed by atoms with E-state index in [-0.39, 0.29) is 24.7 Å². The Morgan fingerprint density at radius 1 is 1.54 bits per heavy atom. The van der Waals surface area contributed by atoms with Crippen LogP contribution >= 0.6 is 11.6 Å². The first-order valence-corrected chi connectivity index (χ1v) is 7.70. The molecule has 3 N–H and O–H groups in total. The number of phenolic OH excluding ortho intramolecular Hbond substituents is 1. The number of hydrogen-bond donors (Lipinski definition) is 3. The molecule has 0 spiro atoms. The lowest BCUT2D eigenvalue weighted by molar-refractivity contribution is -0.119. The number of amides is 1. The molecule has 1 heterocycles. The van der Waals surface area contributed by atoms with E-state index in [2.05, 4.69) is 11.4 Å². The summed E-state index contributed by atoms with van der Waals surface area (Å²) in [5.41, 5.74) is 0.0325. The summed E-state index contributed by atoms with van der Waals surface area (Å²) in [5.74, 6) is -0.274. The molecule has 126 valence electrons. The molecule has 0 aliphatic carbocycles. The predicted octanol–water partition coefficient (Wildman–Crippen LogP) is 1.69. The topological polar surface area (TPSA) is 96.6 Å². The van der Waals surface area contributed by atoms with Crippen LogP contribution in [0, 0.1) is 11.3 Å². The molecule has 2 rings (SSSR count). The minimum Gasteiger partial charge on any atom is -0.508 e. The highest BCUT2D eigenvalue weighted by atomic mass is 35.5. The molecule has 0 saturated carbocycles. The largest absolute Gasteiger partial charge is 0.508 e. The summed E-state index contributed by atoms with van der Waals surface area (Å²) in [6.45, 7) is 1.73. The summed E-state index contributed by atoms with van der Waals surface area (Å²) < 4.78 is 0. The van der Waals surface area contributed by atoms with Gasteiger partial charge in [-0.15, -0.1) is 0 Å². The Morgan fingerprint density at radius 3 is 2.88 bits per heavy atom. The molecule has 0 radical (unpaired) electrons. The Morgan fingerprint density at radius 2 is 2.29 bits per heavy atom. The number of rotatable bonds is 5. The first-order chi connectivity index (χ1) is 11.4. The maximum absolute atomic E-state index is 12.1. The van der Waals surface area contributed by atoms with Gasteiger partial charge in [0.2, 0.25) is 5.91 Å². The molecule has 0 fully saturated rings. The van der Waals surface area contributed by atoms with Gasteiger partial charge in [-0.2, -0.15) is 5.26 Å². The molecule has 0 aromatic heterocycles. The number of benzene rings is 1. The lowest BCUT2D eigenvalue weighted by Crippen LogP contribution is -2.46. The van der Waals surface area contributed by atoms with Crippen molar-refractivity contribution in [2.24, 2.45) is 0 Å². The number of carbonyl (C=O) groups excluding carboxylic acids is 1. The molecule has 1 aromatic carbocycles. The second-order valence-electron chi connectivity index (χ2n) is 5.67. The van der Waals surface area contributed by atoms with Crippen molar-refractivity contribution in [3.8, 4) is 11.8 Å². The van der Waals surface area contributed by atoms with Crippen molar-refractivity contribution in [2.45, 2.75) is 18.9 Å². The van der Waals surface area contributed by atoms with E-state index in [1.165, 1.54) is 6.07 Å². The summed E-state index contributed by atoms with van der Waals surface area (Å²) in [6, 6.07) is 6.60. The zero-order valence-electron chi connectivity index (χ0n) is 13.2. The lowest BCUT2D eigenvalue weighted by Gasteiger charge is -2.34. The molecule has 24 heavy (non-hydrogen) atoms. The number of phenols is 1. The number of aromatic hydroxyl groups is 1. The molecule has 7 heteroatoms. The number of aliphatic hydroxyl groups excluding tert-OH is 1. The van der Waals surface area contributed by atoms with Gasteiger partial charge in [0, 0.05) is 29.0 Å². The van der Waals surface area contributed by atoms with Crippen molar-refractivity contribution < 1.29 is 15.0 Å². The van der Waals surface area contributed by atoms with Crippen LogP contribution in [0.25, 0.3) is 0 Å². The average Bonchev–Trinajstić information content (AvgIpc) is 2.58. The Bertz CT molecular complexity index is 739. The van der Waals surface area contributed by atoms with Gasteiger partial charge in [0.1, 0.15) is 11.3 Å². The van der Waals surface area contributed by atoms with Crippen LogP contribution in [-0.2, 0) is 11.2 Å². The molecular formula is C17H18ClN3O3. The van der Waals surface area contributed by atoms with E-state index in [1.807, 2.05) is 0 Å². The molecule has 1 aliphatic heterocycles. The number of nitrogens with zero attached hydrogens (tertiary/aromatic N) is 2. The van der Waals surface area contributed by atoms with Gasteiger partial charge in [0.05, 0.1) is 19.1 Å². The zero-order chi connectivity index (χ0) is 17.7. The fourth-order valence-electron chi connectivity index (χ4n) is 2.22. The highest BCUT2D eigenvalue weighted by molar-refractivity contribution is 6.30. The molecule has 1 amide bonds. The van der Waals surface area contributed by atoms with Gasteiger partial charge in [-0.05, 0) is 37.3 Å². The van der Waals surface area contributed by atoms with Gasteiger partial charge in [-0.3, -0.25) is 4.79 Å². The number of hydrogen-bond acceptors (Lipinski definition) is 5. The Balaban J connectivity index is 1.97. The summed E-state index contributed by atoms with van der Waals surface area (Å²) in [7, 11) is 0. The predicted molar refractivity (Wildman–Crippen MR) is 90.0 cm³/mol. The molecule has 0 saturated heterocycles. The van der Waals surface area contributed by atoms with Crippen LogP contribution in [0.4, 0.5) is 0 Å². The normalized spacial score (nSPS) is 16.1. The van der Waals surface area contributed by atoms with Crippen LogP contribution in [-0.4, -0.2) is 39.7 Å². The van der Waals surface area contributed by atoms with Crippen molar-refractivity contribution in [2.75, 3.05) is 13.2 Å².